The van der Waals surface area contributed by atoms with Gasteiger partial charge >= 0.3 is 0 Å². The van der Waals surface area contributed by atoms with Crippen molar-refractivity contribution < 1.29 is 4.79 Å². The zero-order valence-electron chi connectivity index (χ0n) is 16.2. The van der Waals surface area contributed by atoms with Crippen molar-refractivity contribution >= 4 is 28.1 Å². The Kier molecular flexibility index (Phi) is 4.48. The van der Waals surface area contributed by atoms with Crippen molar-refractivity contribution in [3.05, 3.63) is 101 Å². The molecular weight excluding hydrogens is 374 g/mol. The van der Waals surface area contributed by atoms with Crippen LogP contribution in [0.15, 0.2) is 84.0 Å². The lowest BCUT2D eigenvalue weighted by atomic mass is 10.0. The number of nitrogens with one attached hydrogen (secondary N) is 1. The molecule has 0 fully saturated rings. The SMILES string of the molecule is O=Cc1ccc(-c2ccc3ncn(CCc4c[nH]c5ccccc45)c(=O)c3c2)cc1. The molecule has 0 bridgehead atoms. The molecular formula is C25H19N3O2. The first kappa shape index (κ1) is 18.1. The topological polar surface area (TPSA) is 67.8 Å². The minimum absolute atomic E-state index is 0.0498. The van der Waals surface area contributed by atoms with Crippen molar-refractivity contribution in [2.24, 2.45) is 0 Å². The molecule has 5 aromatic rings. The Balaban J connectivity index is 1.47. The predicted octanol–water partition coefficient (Wildman–Crippen LogP) is 4.60. The lowest BCUT2D eigenvalue weighted by Gasteiger charge is -2.08. The van der Waals surface area contributed by atoms with Gasteiger partial charge in [-0.2, -0.15) is 0 Å². The van der Waals surface area contributed by atoms with Gasteiger partial charge in [0.15, 0.2) is 0 Å². The van der Waals surface area contributed by atoms with E-state index in [2.05, 4.69) is 16.0 Å². The van der Waals surface area contributed by atoms with Crippen molar-refractivity contribution in [1.82, 2.24) is 14.5 Å². The molecule has 0 saturated carbocycles. The molecule has 2 aromatic heterocycles. The van der Waals surface area contributed by atoms with Crippen molar-refractivity contribution in [3.8, 4) is 11.1 Å². The number of H-pyrrole nitrogens is 1. The largest absolute Gasteiger partial charge is 0.361 e. The number of rotatable bonds is 5. The van der Waals surface area contributed by atoms with Gasteiger partial charge in [-0.05, 0) is 41.3 Å². The van der Waals surface area contributed by atoms with Gasteiger partial charge in [-0.3, -0.25) is 14.2 Å². The zero-order chi connectivity index (χ0) is 20.5. The van der Waals surface area contributed by atoms with Crippen LogP contribution in [0.1, 0.15) is 15.9 Å². The van der Waals surface area contributed by atoms with Crippen molar-refractivity contribution in [2.75, 3.05) is 0 Å². The first-order valence-electron chi connectivity index (χ1n) is 9.83. The van der Waals surface area contributed by atoms with Crippen molar-refractivity contribution in [3.63, 3.8) is 0 Å². The number of nitrogens with zero attached hydrogens (tertiary/aromatic N) is 2. The van der Waals surface area contributed by atoms with Gasteiger partial charge in [-0.1, -0.05) is 48.5 Å². The maximum absolute atomic E-state index is 13.1. The molecule has 5 heteroatoms. The smallest absolute Gasteiger partial charge is 0.261 e. The molecule has 5 nitrogen and oxygen atoms in total. The Morgan fingerprint density at radius 3 is 2.57 bits per heavy atom. The summed E-state index contributed by atoms with van der Waals surface area (Å²) in [6.07, 6.45) is 5.19. The number of carbonyl (C=O) groups excluding carboxylic acids is 1. The highest BCUT2D eigenvalue weighted by molar-refractivity contribution is 5.85. The molecule has 30 heavy (non-hydrogen) atoms. The molecule has 2 heterocycles. The minimum atomic E-state index is -0.0498. The van der Waals surface area contributed by atoms with E-state index in [1.165, 1.54) is 10.9 Å². The molecule has 0 unspecified atom stereocenters. The third-order valence-electron chi connectivity index (χ3n) is 5.50. The van der Waals surface area contributed by atoms with Crippen LogP contribution in [0.5, 0.6) is 0 Å². The molecule has 0 radical (unpaired) electrons. The molecule has 0 aliphatic rings. The number of carbonyl (C=O) groups is 1. The Hall–Kier alpha value is -3.99. The van der Waals surface area contributed by atoms with Crippen LogP contribution in [0, 0.1) is 0 Å². The summed E-state index contributed by atoms with van der Waals surface area (Å²) in [5, 5.41) is 1.77. The number of aldehydes is 1. The van der Waals surface area contributed by atoms with E-state index in [1.54, 1.807) is 23.0 Å². The van der Waals surface area contributed by atoms with Crippen LogP contribution in [-0.4, -0.2) is 20.8 Å². The lowest BCUT2D eigenvalue weighted by molar-refractivity contribution is 0.112. The van der Waals surface area contributed by atoms with Crippen LogP contribution in [-0.2, 0) is 13.0 Å². The number of hydrogen-bond acceptors (Lipinski definition) is 3. The Labute approximate surface area is 172 Å². The molecule has 0 spiro atoms. The molecule has 0 saturated heterocycles. The Morgan fingerprint density at radius 2 is 1.73 bits per heavy atom. The van der Waals surface area contributed by atoms with Crippen LogP contribution in [0.3, 0.4) is 0 Å². The van der Waals surface area contributed by atoms with Gasteiger partial charge in [0.2, 0.25) is 0 Å². The number of aromatic nitrogens is 3. The number of fused-ring (bicyclic) bond motifs is 2. The fraction of sp³-hybridized carbons (Fsp3) is 0.0800. The number of aryl methyl sites for hydroxylation is 2. The van der Waals surface area contributed by atoms with Crippen LogP contribution in [0.4, 0.5) is 0 Å². The summed E-state index contributed by atoms with van der Waals surface area (Å²) in [4.78, 5) is 31.7. The highest BCUT2D eigenvalue weighted by Crippen LogP contribution is 2.23. The second-order valence-electron chi connectivity index (χ2n) is 7.32. The molecule has 0 amide bonds. The van der Waals surface area contributed by atoms with E-state index in [0.29, 0.717) is 23.0 Å². The summed E-state index contributed by atoms with van der Waals surface area (Å²) < 4.78 is 1.67. The van der Waals surface area contributed by atoms with Gasteiger partial charge < -0.3 is 4.98 Å². The maximum atomic E-state index is 13.1. The van der Waals surface area contributed by atoms with Gasteiger partial charge in [0, 0.05) is 29.2 Å². The Morgan fingerprint density at radius 1 is 0.933 bits per heavy atom. The molecule has 146 valence electrons. The lowest BCUT2D eigenvalue weighted by Crippen LogP contribution is -2.21. The number of benzene rings is 3. The maximum Gasteiger partial charge on any atom is 0.261 e. The van der Waals surface area contributed by atoms with E-state index in [1.807, 2.05) is 54.7 Å². The average molecular weight is 393 g/mol. The van der Waals surface area contributed by atoms with E-state index in [4.69, 9.17) is 0 Å². The minimum Gasteiger partial charge on any atom is -0.361 e. The first-order valence-corrected chi connectivity index (χ1v) is 9.83. The summed E-state index contributed by atoms with van der Waals surface area (Å²) in [5.41, 5.74) is 5.41. The van der Waals surface area contributed by atoms with Gasteiger partial charge in [-0.25, -0.2) is 4.98 Å². The van der Waals surface area contributed by atoms with E-state index in [-0.39, 0.29) is 5.56 Å². The van der Waals surface area contributed by atoms with Crippen LogP contribution >= 0.6 is 0 Å². The summed E-state index contributed by atoms with van der Waals surface area (Å²) in [7, 11) is 0. The van der Waals surface area contributed by atoms with Crippen LogP contribution in [0.25, 0.3) is 32.9 Å². The Bertz CT molecular complexity index is 1430. The third kappa shape index (κ3) is 3.20. The highest BCUT2D eigenvalue weighted by Gasteiger charge is 2.08. The molecule has 1 N–H and O–H groups in total. The monoisotopic (exact) mass is 393 g/mol. The fourth-order valence-corrected chi connectivity index (χ4v) is 3.83. The number of para-hydroxylation sites is 1. The fourth-order valence-electron chi connectivity index (χ4n) is 3.83. The predicted molar refractivity (Wildman–Crippen MR) is 119 cm³/mol. The number of aromatic amines is 1. The second-order valence-corrected chi connectivity index (χ2v) is 7.32. The second kappa shape index (κ2) is 7.44. The molecule has 0 atom stereocenters. The van der Waals surface area contributed by atoms with Gasteiger partial charge in [-0.15, -0.1) is 0 Å². The highest BCUT2D eigenvalue weighted by atomic mass is 16.1. The number of hydrogen-bond donors (Lipinski definition) is 1. The summed E-state index contributed by atoms with van der Waals surface area (Å²) in [5.74, 6) is 0. The summed E-state index contributed by atoms with van der Waals surface area (Å²) >= 11 is 0. The standard InChI is InChI=1S/C25H19N3O2/c29-15-17-5-7-18(8-6-17)19-9-10-24-22(13-19)25(30)28(16-27-24)12-11-20-14-26-23-4-2-1-3-21(20)23/h1-10,13-16,26H,11-12H2. The van der Waals surface area contributed by atoms with Gasteiger partial charge in [0.25, 0.3) is 5.56 Å². The van der Waals surface area contributed by atoms with Crippen molar-refractivity contribution in [1.29, 1.82) is 0 Å². The van der Waals surface area contributed by atoms with E-state index < -0.39 is 0 Å². The average Bonchev–Trinajstić information content (AvgIpc) is 3.22. The third-order valence-corrected chi connectivity index (χ3v) is 5.50. The normalized spacial score (nSPS) is 11.2. The summed E-state index contributed by atoms with van der Waals surface area (Å²) in [6.45, 7) is 0.557. The van der Waals surface area contributed by atoms with Gasteiger partial charge in [0.1, 0.15) is 6.29 Å². The van der Waals surface area contributed by atoms with Crippen LogP contribution < -0.4 is 5.56 Å². The van der Waals surface area contributed by atoms with E-state index >= 15 is 0 Å². The van der Waals surface area contributed by atoms with Crippen LogP contribution in [0.2, 0.25) is 0 Å². The first-order chi connectivity index (χ1) is 14.7. The summed E-state index contributed by atoms with van der Waals surface area (Å²) in [6, 6.07) is 21.2. The zero-order valence-corrected chi connectivity index (χ0v) is 16.2. The molecule has 0 aliphatic heterocycles. The molecule has 0 aliphatic carbocycles. The molecule has 3 aromatic carbocycles. The van der Waals surface area contributed by atoms with Gasteiger partial charge in [0.05, 0.1) is 17.2 Å². The van der Waals surface area contributed by atoms with Crippen molar-refractivity contribution in [2.45, 2.75) is 13.0 Å². The van der Waals surface area contributed by atoms with E-state index in [9.17, 15) is 9.59 Å². The quantitative estimate of drug-likeness (QED) is 0.444. The molecule has 5 rings (SSSR count). The van der Waals surface area contributed by atoms with E-state index in [0.717, 1.165) is 29.4 Å².